The minimum Gasteiger partial charge on any atom is -0.381 e. The Kier molecular flexibility index (Phi) is 7.69. The molecular weight excluding hydrogens is 592 g/mol. The van der Waals surface area contributed by atoms with Crippen LogP contribution in [0.4, 0.5) is 0 Å². The lowest BCUT2D eigenvalue weighted by Gasteiger charge is -2.56. The molecule has 0 bridgehead atoms. The molecule has 0 aromatic carbocycles. The first-order chi connectivity index (χ1) is 12.1. The number of halogens is 4. The lowest BCUT2D eigenvalue weighted by Crippen LogP contribution is -2.66. The molecule has 0 heterocycles. The second-order valence-corrected chi connectivity index (χ2v) is 10.4. The summed E-state index contributed by atoms with van der Waals surface area (Å²) in [5, 5.41) is 24.7. The van der Waals surface area contributed by atoms with Crippen LogP contribution in [0.25, 0.3) is 0 Å². The normalized spacial score (nSPS) is 35.6. The van der Waals surface area contributed by atoms with Gasteiger partial charge < -0.3 is 10.2 Å². The van der Waals surface area contributed by atoms with Crippen LogP contribution in [0.15, 0.2) is 41.2 Å². The largest absolute Gasteiger partial charge is 0.381 e. The van der Waals surface area contributed by atoms with Gasteiger partial charge in [0.1, 0.15) is 11.2 Å². The molecule has 0 saturated carbocycles. The molecule has 2 nitrogen and oxygen atoms in total. The number of rotatable bonds is 5. The lowest BCUT2D eigenvalue weighted by molar-refractivity contribution is -0.155. The molecule has 6 heteroatoms. The van der Waals surface area contributed by atoms with Crippen molar-refractivity contribution in [3.05, 3.63) is 41.2 Å². The first-order valence-corrected chi connectivity index (χ1v) is 12.3. The zero-order valence-electron chi connectivity index (χ0n) is 15.5. The van der Waals surface area contributed by atoms with Crippen LogP contribution in [-0.4, -0.2) is 21.4 Å². The van der Waals surface area contributed by atoms with Crippen LogP contribution in [0.3, 0.4) is 0 Å². The smallest absolute Gasteiger partial charge is 0.127 e. The topological polar surface area (TPSA) is 40.5 Å². The monoisotopic (exact) mass is 614 g/mol. The van der Waals surface area contributed by atoms with E-state index in [1.807, 2.05) is 26.0 Å². The summed E-state index contributed by atoms with van der Waals surface area (Å²) < 4.78 is 3.51. The average molecular weight is 618 g/mol. The summed E-state index contributed by atoms with van der Waals surface area (Å²) in [5.74, 6) is -0.448. The van der Waals surface area contributed by atoms with Crippen LogP contribution in [0.1, 0.15) is 53.4 Å². The highest BCUT2D eigenvalue weighted by atomic mass is 79.9. The minimum atomic E-state index is -1.42. The molecular formula is C20H26Br4O2. The van der Waals surface area contributed by atoms with Crippen molar-refractivity contribution in [2.45, 2.75) is 64.6 Å². The second-order valence-electron chi connectivity index (χ2n) is 6.87. The first kappa shape index (κ1) is 23.1. The lowest BCUT2D eigenvalue weighted by atomic mass is 9.57. The fourth-order valence-electron chi connectivity index (χ4n) is 4.65. The molecule has 2 N–H and O–H groups in total. The minimum absolute atomic E-state index is 0.224. The third kappa shape index (κ3) is 3.24. The van der Waals surface area contributed by atoms with E-state index in [0.717, 1.165) is 29.1 Å². The highest BCUT2D eigenvalue weighted by Crippen LogP contribution is 2.59. The Hall–Kier alpha value is 0.800. The predicted octanol–water partition coefficient (Wildman–Crippen LogP) is 7.20. The molecule has 0 saturated heterocycles. The van der Waals surface area contributed by atoms with Gasteiger partial charge in [0.15, 0.2) is 0 Å². The van der Waals surface area contributed by atoms with Crippen molar-refractivity contribution in [1.29, 1.82) is 0 Å². The molecule has 2 aliphatic rings. The number of hydrogen-bond donors (Lipinski definition) is 2. The standard InChI is InChI=1S/C20H26Br4O2/c1-5-11-15(21)9-16(22)12(6-2)19(11,25)20(26)13(7-3)17(23)10-18(24)14(20)8-4/h9-11,13,25-26H,5-8H2,1-4H3. The molecule has 0 amide bonds. The third-order valence-electron chi connectivity index (χ3n) is 5.81. The van der Waals surface area contributed by atoms with Crippen molar-refractivity contribution in [2.24, 2.45) is 11.8 Å². The van der Waals surface area contributed by atoms with Crippen molar-refractivity contribution in [1.82, 2.24) is 0 Å². The quantitative estimate of drug-likeness (QED) is 0.343. The van der Waals surface area contributed by atoms with E-state index in [1.165, 1.54) is 0 Å². The summed E-state index contributed by atoms with van der Waals surface area (Å²) in [7, 11) is 0. The van der Waals surface area contributed by atoms with Crippen LogP contribution in [0.2, 0.25) is 0 Å². The molecule has 2 rings (SSSR count). The van der Waals surface area contributed by atoms with Crippen LogP contribution in [0, 0.1) is 11.8 Å². The van der Waals surface area contributed by atoms with Crippen LogP contribution < -0.4 is 0 Å². The summed E-state index contributed by atoms with van der Waals surface area (Å²) in [4.78, 5) is 0. The van der Waals surface area contributed by atoms with Gasteiger partial charge in [-0.1, -0.05) is 91.4 Å². The Morgan fingerprint density at radius 1 is 0.731 bits per heavy atom. The summed E-state index contributed by atoms with van der Waals surface area (Å²) >= 11 is 14.6. The second kappa shape index (κ2) is 8.66. The van der Waals surface area contributed by atoms with Crippen molar-refractivity contribution in [3.8, 4) is 0 Å². The Bertz CT molecular complexity index is 647. The van der Waals surface area contributed by atoms with Crippen LogP contribution >= 0.6 is 63.7 Å². The van der Waals surface area contributed by atoms with E-state index in [9.17, 15) is 10.2 Å². The maximum Gasteiger partial charge on any atom is 0.127 e. The Labute approximate surface area is 190 Å². The molecule has 26 heavy (non-hydrogen) atoms. The van der Waals surface area contributed by atoms with Gasteiger partial charge in [0.05, 0.1) is 0 Å². The van der Waals surface area contributed by atoms with E-state index in [4.69, 9.17) is 0 Å². The van der Waals surface area contributed by atoms with E-state index < -0.39 is 11.2 Å². The summed E-state index contributed by atoms with van der Waals surface area (Å²) in [6.07, 6.45) is 6.77. The van der Waals surface area contributed by atoms with E-state index in [0.29, 0.717) is 25.7 Å². The van der Waals surface area contributed by atoms with Gasteiger partial charge in [-0.2, -0.15) is 0 Å². The molecule has 0 spiro atoms. The summed E-state index contributed by atoms with van der Waals surface area (Å²) in [6, 6.07) is 0. The SMILES string of the molecule is CCC1=C(Br)C=C(Br)C(CC)C1(O)C1(O)C(CC)=C(Br)C=C(Br)C1CC. The molecule has 0 fully saturated rings. The molecule has 4 atom stereocenters. The molecule has 146 valence electrons. The third-order valence-corrected chi connectivity index (χ3v) is 8.78. The first-order valence-electron chi connectivity index (χ1n) is 9.11. The fraction of sp³-hybridized carbons (Fsp3) is 0.600. The van der Waals surface area contributed by atoms with Gasteiger partial charge in [-0.15, -0.1) is 0 Å². The molecule has 0 radical (unpaired) electrons. The van der Waals surface area contributed by atoms with Gasteiger partial charge in [-0.05, 0) is 49.0 Å². The van der Waals surface area contributed by atoms with E-state index >= 15 is 0 Å². The highest BCUT2D eigenvalue weighted by molar-refractivity contribution is 9.12. The number of aliphatic hydroxyl groups is 2. The van der Waals surface area contributed by atoms with Crippen molar-refractivity contribution in [3.63, 3.8) is 0 Å². The van der Waals surface area contributed by atoms with Crippen molar-refractivity contribution in [2.75, 3.05) is 0 Å². The van der Waals surface area contributed by atoms with E-state index in [1.54, 1.807) is 0 Å². The number of allylic oxidation sites excluding steroid dienone is 4. The van der Waals surface area contributed by atoms with Gasteiger partial charge >= 0.3 is 0 Å². The Morgan fingerprint density at radius 3 is 1.27 bits per heavy atom. The molecule has 0 aromatic rings. The van der Waals surface area contributed by atoms with Crippen molar-refractivity contribution >= 4 is 63.7 Å². The highest BCUT2D eigenvalue weighted by Gasteiger charge is 2.63. The molecule has 4 unspecified atom stereocenters. The molecule has 0 aliphatic heterocycles. The van der Waals surface area contributed by atoms with E-state index in [-0.39, 0.29) is 11.8 Å². The summed E-state index contributed by atoms with van der Waals surface area (Å²) in [6.45, 7) is 8.17. The maximum absolute atomic E-state index is 12.3. The van der Waals surface area contributed by atoms with Gasteiger partial charge in [0.25, 0.3) is 0 Å². The van der Waals surface area contributed by atoms with Crippen LogP contribution in [-0.2, 0) is 0 Å². The van der Waals surface area contributed by atoms with E-state index in [2.05, 4.69) is 77.6 Å². The predicted molar refractivity (Wildman–Crippen MR) is 124 cm³/mol. The van der Waals surface area contributed by atoms with Gasteiger partial charge in [0.2, 0.25) is 0 Å². The van der Waals surface area contributed by atoms with Crippen LogP contribution in [0.5, 0.6) is 0 Å². The zero-order valence-corrected chi connectivity index (χ0v) is 21.9. The van der Waals surface area contributed by atoms with Crippen molar-refractivity contribution < 1.29 is 10.2 Å². The maximum atomic E-state index is 12.3. The summed E-state index contributed by atoms with van der Waals surface area (Å²) in [5.41, 5.74) is -1.13. The number of hydrogen-bond acceptors (Lipinski definition) is 2. The molecule has 0 aromatic heterocycles. The van der Waals surface area contributed by atoms with Gasteiger partial charge in [-0.25, -0.2) is 0 Å². The molecule has 2 aliphatic carbocycles. The average Bonchev–Trinajstić information content (AvgIpc) is 2.55. The zero-order chi connectivity index (χ0) is 19.9. The fourth-order valence-corrected chi connectivity index (χ4v) is 8.69. The Morgan fingerprint density at radius 2 is 1.04 bits per heavy atom. The van der Waals surface area contributed by atoms with Gasteiger partial charge in [0, 0.05) is 29.8 Å². The van der Waals surface area contributed by atoms with Gasteiger partial charge in [-0.3, -0.25) is 0 Å². The Balaban J connectivity index is 2.89.